The van der Waals surface area contributed by atoms with E-state index in [0.29, 0.717) is 16.7 Å². The molecule has 0 aliphatic carbocycles. The van der Waals surface area contributed by atoms with E-state index in [-0.39, 0.29) is 13.2 Å². The summed E-state index contributed by atoms with van der Waals surface area (Å²) in [6.45, 7) is 1.22. The van der Waals surface area contributed by atoms with Crippen LogP contribution in [0.2, 0.25) is 0 Å². The molecule has 11 heteroatoms. The molecule has 0 saturated carbocycles. The highest BCUT2D eigenvalue weighted by Crippen LogP contribution is 2.42. The number of aryl methyl sites for hydroxylation is 1. The topological polar surface area (TPSA) is 159 Å². The predicted octanol–water partition coefficient (Wildman–Crippen LogP) is -0.00168. The molecule has 1 aromatic heterocycles. The Hall–Kier alpha value is -2.52. The van der Waals surface area contributed by atoms with Crippen LogP contribution in [0.25, 0.3) is 0 Å². The quantitative estimate of drug-likeness (QED) is 0.485. The lowest BCUT2D eigenvalue weighted by molar-refractivity contribution is -0.146. The number of nitrogens with zero attached hydrogens (tertiary/aromatic N) is 1. The third kappa shape index (κ3) is 4.77. The van der Waals surface area contributed by atoms with Gasteiger partial charge in [0, 0.05) is 11.8 Å². The number of aliphatic carboxylic acids is 1. The van der Waals surface area contributed by atoms with Crippen LogP contribution in [0.3, 0.4) is 0 Å². The van der Waals surface area contributed by atoms with Gasteiger partial charge in [0.15, 0.2) is 0 Å². The number of benzene rings is 1. The SMILES string of the molecule is Cc1cn(Cc2ccccc2COC(C(=O)O)P(=O)(O)O)c(=O)[nH]c1=O. The molecule has 0 spiro atoms. The molecule has 1 heterocycles. The molecular weight excluding hydrogens is 367 g/mol. The lowest BCUT2D eigenvalue weighted by Gasteiger charge is -2.17. The van der Waals surface area contributed by atoms with Gasteiger partial charge in [0.05, 0.1) is 13.2 Å². The van der Waals surface area contributed by atoms with Crippen LogP contribution in [-0.4, -0.2) is 36.3 Å². The maximum Gasteiger partial charge on any atom is 0.365 e. The Labute approximate surface area is 146 Å². The van der Waals surface area contributed by atoms with Gasteiger partial charge in [-0.15, -0.1) is 0 Å². The number of aromatic nitrogens is 2. The highest BCUT2D eigenvalue weighted by Gasteiger charge is 2.36. The van der Waals surface area contributed by atoms with Gasteiger partial charge >= 0.3 is 19.3 Å². The maximum absolute atomic E-state index is 11.9. The molecule has 1 unspecified atom stereocenters. The zero-order valence-electron chi connectivity index (χ0n) is 13.7. The van der Waals surface area contributed by atoms with Crippen molar-refractivity contribution in [1.29, 1.82) is 0 Å². The van der Waals surface area contributed by atoms with Gasteiger partial charge in [-0.1, -0.05) is 24.3 Å². The van der Waals surface area contributed by atoms with Gasteiger partial charge < -0.3 is 19.6 Å². The van der Waals surface area contributed by atoms with Crippen molar-refractivity contribution in [3.8, 4) is 0 Å². The molecule has 0 fully saturated rings. The summed E-state index contributed by atoms with van der Waals surface area (Å²) in [4.78, 5) is 54.6. The normalized spacial score (nSPS) is 12.7. The van der Waals surface area contributed by atoms with Gasteiger partial charge in [-0.25, -0.2) is 9.59 Å². The highest BCUT2D eigenvalue weighted by molar-refractivity contribution is 7.53. The number of hydrogen-bond donors (Lipinski definition) is 4. The Morgan fingerprint density at radius 2 is 1.88 bits per heavy atom. The minimum Gasteiger partial charge on any atom is -0.479 e. The molecule has 2 aromatic rings. The first-order valence-electron chi connectivity index (χ1n) is 7.36. The van der Waals surface area contributed by atoms with Gasteiger partial charge in [0.2, 0.25) is 0 Å². The van der Waals surface area contributed by atoms with Crippen LogP contribution < -0.4 is 11.2 Å². The first-order valence-corrected chi connectivity index (χ1v) is 9.04. The first kappa shape index (κ1) is 19.8. The number of aromatic amines is 1. The second-order valence-electron chi connectivity index (χ2n) is 5.56. The maximum atomic E-state index is 11.9. The van der Waals surface area contributed by atoms with Crippen molar-refractivity contribution < 1.29 is 29.0 Å². The second-order valence-corrected chi connectivity index (χ2v) is 7.21. The van der Waals surface area contributed by atoms with Gasteiger partial charge in [-0.2, -0.15) is 0 Å². The third-order valence-electron chi connectivity index (χ3n) is 3.56. The summed E-state index contributed by atoms with van der Waals surface area (Å²) in [5.74, 6) is -4.06. The van der Waals surface area contributed by atoms with Crippen molar-refractivity contribution in [2.75, 3.05) is 0 Å². The first-order chi connectivity index (χ1) is 12.1. The molecule has 0 bridgehead atoms. The molecular formula is C15H17N2O8P. The van der Waals surface area contributed by atoms with Crippen molar-refractivity contribution in [2.24, 2.45) is 0 Å². The number of carbonyl (C=O) groups is 1. The van der Waals surface area contributed by atoms with Crippen molar-refractivity contribution in [2.45, 2.75) is 25.9 Å². The summed E-state index contributed by atoms with van der Waals surface area (Å²) in [6, 6.07) is 6.55. The molecule has 26 heavy (non-hydrogen) atoms. The van der Waals surface area contributed by atoms with E-state index in [1.54, 1.807) is 31.2 Å². The fraction of sp³-hybridized carbons (Fsp3) is 0.267. The molecule has 0 aliphatic rings. The number of ether oxygens (including phenoxy) is 1. The van der Waals surface area contributed by atoms with Crippen molar-refractivity contribution >= 4 is 13.6 Å². The smallest absolute Gasteiger partial charge is 0.365 e. The number of H-pyrrole nitrogens is 1. The van der Waals surface area contributed by atoms with Crippen molar-refractivity contribution in [3.63, 3.8) is 0 Å². The van der Waals surface area contributed by atoms with E-state index in [2.05, 4.69) is 4.98 Å². The highest BCUT2D eigenvalue weighted by atomic mass is 31.2. The Bertz CT molecular complexity index is 974. The van der Waals surface area contributed by atoms with Crippen LogP contribution in [0.15, 0.2) is 40.1 Å². The minimum atomic E-state index is -4.99. The van der Waals surface area contributed by atoms with E-state index >= 15 is 0 Å². The molecule has 10 nitrogen and oxygen atoms in total. The summed E-state index contributed by atoms with van der Waals surface area (Å²) < 4.78 is 17.3. The molecule has 0 amide bonds. The monoisotopic (exact) mass is 384 g/mol. The summed E-state index contributed by atoms with van der Waals surface area (Å²) in [7, 11) is -4.99. The lowest BCUT2D eigenvalue weighted by Crippen LogP contribution is -2.31. The van der Waals surface area contributed by atoms with Crippen LogP contribution in [0, 0.1) is 6.92 Å². The molecule has 0 aliphatic heterocycles. The van der Waals surface area contributed by atoms with E-state index in [1.807, 2.05) is 0 Å². The molecule has 0 saturated heterocycles. The predicted molar refractivity (Wildman–Crippen MR) is 89.9 cm³/mol. The average molecular weight is 384 g/mol. The fourth-order valence-electron chi connectivity index (χ4n) is 2.25. The Kier molecular flexibility index (Phi) is 5.94. The van der Waals surface area contributed by atoms with Crippen LogP contribution >= 0.6 is 7.60 Å². The van der Waals surface area contributed by atoms with Crippen molar-refractivity contribution in [1.82, 2.24) is 9.55 Å². The molecule has 2 rings (SSSR count). The van der Waals surface area contributed by atoms with Crippen LogP contribution in [0.4, 0.5) is 0 Å². The molecule has 1 atom stereocenters. The summed E-state index contributed by atoms with van der Waals surface area (Å²) in [6.07, 6.45) is 1.38. The summed E-state index contributed by atoms with van der Waals surface area (Å²) >= 11 is 0. The summed E-state index contributed by atoms with van der Waals surface area (Å²) in [5.41, 5.74) is 0.244. The Morgan fingerprint density at radius 1 is 1.27 bits per heavy atom. The molecule has 1 aromatic carbocycles. The van der Waals surface area contributed by atoms with E-state index in [0.717, 1.165) is 0 Å². The van der Waals surface area contributed by atoms with Gasteiger partial charge in [-0.05, 0) is 18.1 Å². The zero-order valence-corrected chi connectivity index (χ0v) is 14.6. The van der Waals surface area contributed by atoms with Gasteiger partial charge in [0.1, 0.15) is 0 Å². The number of carboxylic acids is 1. The van der Waals surface area contributed by atoms with Crippen molar-refractivity contribution in [3.05, 3.63) is 68.0 Å². The molecule has 4 N–H and O–H groups in total. The number of hydrogen-bond acceptors (Lipinski definition) is 5. The van der Waals surface area contributed by atoms with E-state index < -0.39 is 30.7 Å². The third-order valence-corrected chi connectivity index (χ3v) is 4.54. The molecule has 140 valence electrons. The Balaban J connectivity index is 2.27. The van der Waals surface area contributed by atoms with Gasteiger partial charge in [-0.3, -0.25) is 18.9 Å². The van der Waals surface area contributed by atoms with Crippen LogP contribution in [0.1, 0.15) is 16.7 Å². The number of rotatable bonds is 7. The van der Waals surface area contributed by atoms with E-state index in [9.17, 15) is 18.9 Å². The Morgan fingerprint density at radius 3 is 2.46 bits per heavy atom. The van der Waals surface area contributed by atoms with E-state index in [1.165, 1.54) is 10.8 Å². The average Bonchev–Trinajstić information content (AvgIpc) is 2.52. The van der Waals surface area contributed by atoms with Crippen LogP contribution in [-0.2, 0) is 27.2 Å². The zero-order chi connectivity index (χ0) is 19.5. The fourth-order valence-corrected chi connectivity index (χ4v) is 2.81. The standard InChI is InChI=1S/C15H17N2O8P/c1-9-6-17(15(21)16-12(9)18)7-10-4-2-3-5-11(10)8-25-14(13(19)20)26(22,23)24/h2-6,14H,7-8H2,1H3,(H,19,20)(H,16,18,21)(H2,22,23,24). The van der Waals surface area contributed by atoms with Gasteiger partial charge in [0.25, 0.3) is 11.4 Å². The molecule has 0 radical (unpaired) electrons. The number of carboxylic acid groups (broad SMARTS) is 1. The van der Waals surface area contributed by atoms with E-state index in [4.69, 9.17) is 19.6 Å². The lowest BCUT2D eigenvalue weighted by atomic mass is 10.1. The second kappa shape index (κ2) is 7.79. The summed E-state index contributed by atoms with van der Waals surface area (Å²) in [5, 5.41) is 8.89. The minimum absolute atomic E-state index is 0.0592. The van der Waals surface area contributed by atoms with Crippen LogP contribution in [0.5, 0.6) is 0 Å². The largest absolute Gasteiger partial charge is 0.479 e. The number of nitrogens with one attached hydrogen (secondary N) is 1.